The van der Waals surface area contributed by atoms with E-state index < -0.39 is 4.92 Å². The summed E-state index contributed by atoms with van der Waals surface area (Å²) >= 11 is 0. The molecule has 0 radical (unpaired) electrons. The third-order valence-corrected chi connectivity index (χ3v) is 3.77. The van der Waals surface area contributed by atoms with Gasteiger partial charge in [0.15, 0.2) is 5.75 Å². The standard InChI is InChI=1S/C19H17N3O4/c23-18(21-15-8-3-6-14-7-4-12-20-19(14)15)11-5-13-26-17-10-2-1-9-16(17)22(24)25/h1-4,6-10,12H,5,11,13H2,(H,21,23). The number of carbonyl (C=O) groups is 1. The zero-order valence-corrected chi connectivity index (χ0v) is 13.9. The van der Waals surface area contributed by atoms with Crippen molar-refractivity contribution in [3.8, 4) is 5.75 Å². The van der Waals surface area contributed by atoms with E-state index in [2.05, 4.69) is 10.3 Å². The Morgan fingerprint density at radius 3 is 2.77 bits per heavy atom. The van der Waals surface area contributed by atoms with Crippen LogP contribution in [-0.4, -0.2) is 22.4 Å². The molecule has 1 N–H and O–H groups in total. The number of benzene rings is 2. The summed E-state index contributed by atoms with van der Waals surface area (Å²) in [5.74, 6) is 0.0467. The first-order valence-corrected chi connectivity index (χ1v) is 8.15. The van der Waals surface area contributed by atoms with Gasteiger partial charge in [0.25, 0.3) is 0 Å². The Bertz CT molecular complexity index is 937. The van der Waals surface area contributed by atoms with E-state index in [1.165, 1.54) is 6.07 Å². The second kappa shape index (κ2) is 8.06. The molecule has 7 nitrogen and oxygen atoms in total. The molecule has 0 bridgehead atoms. The Morgan fingerprint density at radius 2 is 1.92 bits per heavy atom. The van der Waals surface area contributed by atoms with Gasteiger partial charge in [-0.1, -0.05) is 30.3 Å². The van der Waals surface area contributed by atoms with Crippen LogP contribution in [0.4, 0.5) is 11.4 Å². The molecular formula is C19H17N3O4. The normalized spacial score (nSPS) is 10.5. The number of anilines is 1. The number of nitro groups is 1. The Morgan fingerprint density at radius 1 is 1.12 bits per heavy atom. The van der Waals surface area contributed by atoms with Crippen molar-refractivity contribution in [2.75, 3.05) is 11.9 Å². The van der Waals surface area contributed by atoms with Crippen LogP contribution in [0.2, 0.25) is 0 Å². The average molecular weight is 351 g/mol. The molecule has 0 aliphatic carbocycles. The van der Waals surface area contributed by atoms with Crippen molar-refractivity contribution in [2.45, 2.75) is 12.8 Å². The highest BCUT2D eigenvalue weighted by atomic mass is 16.6. The number of nitro benzene ring substituents is 1. The summed E-state index contributed by atoms with van der Waals surface area (Å²) < 4.78 is 5.44. The van der Waals surface area contributed by atoms with Gasteiger partial charge in [0, 0.05) is 24.1 Å². The van der Waals surface area contributed by atoms with E-state index in [1.807, 2.05) is 24.3 Å². The van der Waals surface area contributed by atoms with E-state index in [0.29, 0.717) is 12.1 Å². The Balaban J connectivity index is 1.53. The number of amides is 1. The fourth-order valence-electron chi connectivity index (χ4n) is 2.56. The van der Waals surface area contributed by atoms with Crippen molar-refractivity contribution in [3.63, 3.8) is 0 Å². The molecule has 26 heavy (non-hydrogen) atoms. The van der Waals surface area contributed by atoms with Crippen molar-refractivity contribution >= 4 is 28.2 Å². The van der Waals surface area contributed by atoms with Crippen LogP contribution in [0.5, 0.6) is 5.75 Å². The third kappa shape index (κ3) is 4.13. The highest BCUT2D eigenvalue weighted by molar-refractivity contribution is 6.00. The number of hydrogen-bond acceptors (Lipinski definition) is 5. The van der Waals surface area contributed by atoms with Gasteiger partial charge in [-0.05, 0) is 24.6 Å². The molecule has 3 rings (SSSR count). The first kappa shape index (κ1) is 17.3. The van der Waals surface area contributed by atoms with Crippen LogP contribution in [0.1, 0.15) is 12.8 Å². The Labute approximate surface area is 149 Å². The van der Waals surface area contributed by atoms with Gasteiger partial charge in [-0.3, -0.25) is 19.9 Å². The zero-order valence-electron chi connectivity index (χ0n) is 13.9. The molecule has 0 spiro atoms. The van der Waals surface area contributed by atoms with Crippen molar-refractivity contribution in [1.29, 1.82) is 0 Å². The second-order valence-electron chi connectivity index (χ2n) is 5.61. The maximum absolute atomic E-state index is 12.1. The number of nitrogens with zero attached hydrogens (tertiary/aromatic N) is 2. The molecule has 0 saturated carbocycles. The van der Waals surface area contributed by atoms with E-state index in [4.69, 9.17) is 4.74 Å². The summed E-state index contributed by atoms with van der Waals surface area (Å²) in [6.45, 7) is 0.214. The predicted octanol–water partition coefficient (Wildman–Crippen LogP) is 3.94. The van der Waals surface area contributed by atoms with Gasteiger partial charge in [0.1, 0.15) is 0 Å². The Kier molecular flexibility index (Phi) is 5.38. The van der Waals surface area contributed by atoms with Crippen molar-refractivity contribution in [2.24, 2.45) is 0 Å². The van der Waals surface area contributed by atoms with Crippen LogP contribution in [0, 0.1) is 10.1 Å². The van der Waals surface area contributed by atoms with Crippen LogP contribution in [-0.2, 0) is 4.79 Å². The molecule has 0 atom stereocenters. The first-order valence-electron chi connectivity index (χ1n) is 8.15. The van der Waals surface area contributed by atoms with Crippen molar-refractivity contribution in [1.82, 2.24) is 4.98 Å². The fourth-order valence-corrected chi connectivity index (χ4v) is 2.56. The molecular weight excluding hydrogens is 334 g/mol. The largest absolute Gasteiger partial charge is 0.487 e. The molecule has 2 aromatic carbocycles. The lowest BCUT2D eigenvalue weighted by Gasteiger charge is -2.09. The maximum atomic E-state index is 12.1. The molecule has 132 valence electrons. The summed E-state index contributed by atoms with van der Waals surface area (Å²) in [4.78, 5) is 26.9. The summed E-state index contributed by atoms with van der Waals surface area (Å²) in [6, 6.07) is 15.5. The Hall–Kier alpha value is -3.48. The van der Waals surface area contributed by atoms with Crippen LogP contribution >= 0.6 is 0 Å². The lowest BCUT2D eigenvalue weighted by atomic mass is 10.2. The maximum Gasteiger partial charge on any atom is 0.310 e. The van der Waals surface area contributed by atoms with Gasteiger partial charge >= 0.3 is 5.69 Å². The number of ether oxygens (including phenoxy) is 1. The van der Waals surface area contributed by atoms with E-state index in [-0.39, 0.29) is 30.4 Å². The molecule has 1 amide bonds. The SMILES string of the molecule is O=C(CCCOc1ccccc1[N+](=O)[O-])Nc1cccc2cccnc12. The smallest absolute Gasteiger partial charge is 0.310 e. The van der Waals surface area contributed by atoms with Crippen molar-refractivity contribution in [3.05, 3.63) is 70.9 Å². The molecule has 1 heterocycles. The van der Waals surface area contributed by atoms with Gasteiger partial charge in [0.05, 0.1) is 22.7 Å². The lowest BCUT2D eigenvalue weighted by molar-refractivity contribution is -0.385. The number of hydrogen-bond donors (Lipinski definition) is 1. The monoisotopic (exact) mass is 351 g/mol. The van der Waals surface area contributed by atoms with E-state index in [1.54, 1.807) is 30.5 Å². The highest BCUT2D eigenvalue weighted by Crippen LogP contribution is 2.26. The number of para-hydroxylation sites is 3. The van der Waals surface area contributed by atoms with E-state index >= 15 is 0 Å². The first-order chi connectivity index (χ1) is 12.6. The van der Waals surface area contributed by atoms with E-state index in [0.717, 1.165) is 10.9 Å². The van der Waals surface area contributed by atoms with Gasteiger partial charge in [-0.25, -0.2) is 0 Å². The van der Waals surface area contributed by atoms with Gasteiger partial charge in [-0.15, -0.1) is 0 Å². The summed E-state index contributed by atoms with van der Waals surface area (Å²) in [5.41, 5.74) is 1.31. The summed E-state index contributed by atoms with van der Waals surface area (Å²) in [5, 5.41) is 14.7. The zero-order chi connectivity index (χ0) is 18.4. The lowest BCUT2D eigenvalue weighted by Crippen LogP contribution is -2.13. The third-order valence-electron chi connectivity index (χ3n) is 3.77. The number of pyridine rings is 1. The molecule has 0 saturated heterocycles. The molecule has 3 aromatic rings. The van der Waals surface area contributed by atoms with Crippen LogP contribution in [0.3, 0.4) is 0 Å². The van der Waals surface area contributed by atoms with Crippen LogP contribution < -0.4 is 10.1 Å². The van der Waals surface area contributed by atoms with Crippen LogP contribution in [0.15, 0.2) is 60.8 Å². The predicted molar refractivity (Wildman–Crippen MR) is 98.2 cm³/mol. The minimum absolute atomic E-state index is 0.0845. The van der Waals surface area contributed by atoms with Gasteiger partial charge in [-0.2, -0.15) is 0 Å². The molecule has 0 unspecified atom stereocenters. The number of aromatic nitrogens is 1. The van der Waals surface area contributed by atoms with Gasteiger partial charge in [0.2, 0.25) is 5.91 Å². The van der Waals surface area contributed by atoms with E-state index in [9.17, 15) is 14.9 Å². The summed E-state index contributed by atoms with van der Waals surface area (Å²) in [7, 11) is 0. The average Bonchev–Trinajstić information content (AvgIpc) is 2.66. The quantitative estimate of drug-likeness (QED) is 0.395. The topological polar surface area (TPSA) is 94.4 Å². The van der Waals surface area contributed by atoms with Crippen molar-refractivity contribution < 1.29 is 14.5 Å². The second-order valence-corrected chi connectivity index (χ2v) is 5.61. The molecule has 0 aliphatic heterocycles. The number of rotatable bonds is 7. The van der Waals surface area contributed by atoms with Crippen LogP contribution in [0.25, 0.3) is 10.9 Å². The number of fused-ring (bicyclic) bond motifs is 1. The number of nitrogens with one attached hydrogen (secondary N) is 1. The molecule has 7 heteroatoms. The molecule has 0 fully saturated rings. The molecule has 1 aromatic heterocycles. The fraction of sp³-hybridized carbons (Fsp3) is 0.158. The minimum atomic E-state index is -0.491. The highest BCUT2D eigenvalue weighted by Gasteiger charge is 2.13. The number of carbonyl (C=O) groups excluding carboxylic acids is 1. The minimum Gasteiger partial charge on any atom is -0.487 e. The molecule has 0 aliphatic rings. The summed E-state index contributed by atoms with van der Waals surface area (Å²) in [6.07, 6.45) is 2.36. The van der Waals surface area contributed by atoms with Gasteiger partial charge < -0.3 is 10.1 Å².